The van der Waals surface area contributed by atoms with Crippen molar-refractivity contribution in [3.8, 4) is 11.5 Å². The molecular formula is C17H23NO5. The molecule has 2 atom stereocenters. The summed E-state index contributed by atoms with van der Waals surface area (Å²) in [5.41, 5.74) is 0.469. The van der Waals surface area contributed by atoms with Gasteiger partial charge in [-0.05, 0) is 51.3 Å². The molecule has 6 nitrogen and oxygen atoms in total. The lowest BCUT2D eigenvalue weighted by Crippen LogP contribution is -2.33. The number of carbonyl (C=O) groups is 2. The fourth-order valence-electron chi connectivity index (χ4n) is 2.77. The summed E-state index contributed by atoms with van der Waals surface area (Å²) in [6.45, 7) is 3.83. The van der Waals surface area contributed by atoms with Crippen molar-refractivity contribution in [2.45, 2.75) is 45.3 Å². The minimum absolute atomic E-state index is 0.00928. The molecule has 0 heterocycles. The zero-order valence-electron chi connectivity index (χ0n) is 13.7. The Morgan fingerprint density at radius 1 is 1.26 bits per heavy atom. The third-order valence-corrected chi connectivity index (χ3v) is 3.91. The number of nitrogens with one attached hydrogen (secondary N) is 1. The molecular weight excluding hydrogens is 298 g/mol. The highest BCUT2D eigenvalue weighted by molar-refractivity contribution is 5.95. The number of ether oxygens (including phenoxy) is 2. The number of carbonyl (C=O) groups excluding carboxylic acids is 1. The average molecular weight is 321 g/mol. The van der Waals surface area contributed by atoms with Gasteiger partial charge >= 0.3 is 5.97 Å². The van der Waals surface area contributed by atoms with E-state index in [0.717, 1.165) is 0 Å². The van der Waals surface area contributed by atoms with Crippen molar-refractivity contribution in [1.82, 2.24) is 5.32 Å². The number of amides is 1. The summed E-state index contributed by atoms with van der Waals surface area (Å²) in [5, 5.41) is 11.9. The largest absolute Gasteiger partial charge is 0.493 e. The molecule has 0 unspecified atom stereocenters. The second-order valence-corrected chi connectivity index (χ2v) is 6.05. The third kappa shape index (κ3) is 4.37. The Labute approximate surface area is 135 Å². The van der Waals surface area contributed by atoms with Crippen LogP contribution in [0.4, 0.5) is 0 Å². The molecule has 1 aromatic rings. The highest BCUT2D eigenvalue weighted by Crippen LogP contribution is 2.30. The van der Waals surface area contributed by atoms with Gasteiger partial charge in [0.15, 0.2) is 11.5 Å². The molecule has 1 fully saturated rings. The van der Waals surface area contributed by atoms with Gasteiger partial charge < -0.3 is 19.9 Å². The standard InChI is InChI=1S/C17H23NO5/c1-10(2)23-14-7-5-11(9-15(14)22-3)16(19)18-13-6-4-12(8-13)17(20)21/h5,7,9-10,12-13H,4,6,8H2,1-3H3,(H,18,19)(H,20,21)/t12-,13+/m0/s1. The fourth-order valence-corrected chi connectivity index (χ4v) is 2.77. The second kappa shape index (κ2) is 7.35. The first-order chi connectivity index (χ1) is 10.9. The van der Waals surface area contributed by atoms with Gasteiger partial charge in [-0.25, -0.2) is 0 Å². The first-order valence-corrected chi connectivity index (χ1v) is 7.79. The molecule has 23 heavy (non-hydrogen) atoms. The molecule has 1 aromatic carbocycles. The van der Waals surface area contributed by atoms with Crippen molar-refractivity contribution in [3.63, 3.8) is 0 Å². The van der Waals surface area contributed by atoms with Crippen LogP contribution in [0.3, 0.4) is 0 Å². The van der Waals surface area contributed by atoms with Crippen LogP contribution in [-0.2, 0) is 4.79 Å². The molecule has 1 saturated carbocycles. The molecule has 0 radical (unpaired) electrons. The SMILES string of the molecule is COc1cc(C(=O)N[C@@H]2CC[C@H](C(=O)O)C2)ccc1OC(C)C. The number of methoxy groups -OCH3 is 1. The van der Waals surface area contributed by atoms with E-state index in [2.05, 4.69) is 5.32 Å². The number of hydrogen-bond donors (Lipinski definition) is 2. The topological polar surface area (TPSA) is 84.9 Å². The summed E-state index contributed by atoms with van der Waals surface area (Å²) >= 11 is 0. The average Bonchev–Trinajstić information content (AvgIpc) is 2.95. The minimum atomic E-state index is -0.793. The van der Waals surface area contributed by atoms with Crippen LogP contribution < -0.4 is 14.8 Å². The van der Waals surface area contributed by atoms with Gasteiger partial charge in [0, 0.05) is 11.6 Å². The maximum atomic E-state index is 12.3. The fraction of sp³-hybridized carbons (Fsp3) is 0.529. The van der Waals surface area contributed by atoms with Gasteiger partial charge in [0.25, 0.3) is 5.91 Å². The van der Waals surface area contributed by atoms with Crippen molar-refractivity contribution in [2.24, 2.45) is 5.92 Å². The second-order valence-electron chi connectivity index (χ2n) is 6.05. The van der Waals surface area contributed by atoms with Crippen LogP contribution >= 0.6 is 0 Å². The predicted octanol–water partition coefficient (Wildman–Crippen LogP) is 2.47. The van der Waals surface area contributed by atoms with Crippen molar-refractivity contribution < 1.29 is 24.2 Å². The summed E-state index contributed by atoms with van der Waals surface area (Å²) in [7, 11) is 1.53. The Balaban J connectivity index is 2.04. The number of carboxylic acid groups (broad SMARTS) is 1. The van der Waals surface area contributed by atoms with E-state index in [1.807, 2.05) is 13.8 Å². The first-order valence-electron chi connectivity index (χ1n) is 7.79. The van der Waals surface area contributed by atoms with Gasteiger partial charge in [0.2, 0.25) is 0 Å². The molecule has 0 spiro atoms. The maximum Gasteiger partial charge on any atom is 0.306 e. The van der Waals surface area contributed by atoms with Gasteiger partial charge in [0.05, 0.1) is 19.1 Å². The lowest BCUT2D eigenvalue weighted by atomic mass is 10.1. The van der Waals surface area contributed by atoms with Crippen molar-refractivity contribution >= 4 is 11.9 Å². The highest BCUT2D eigenvalue weighted by Gasteiger charge is 2.30. The van der Waals surface area contributed by atoms with Gasteiger partial charge in [-0.3, -0.25) is 9.59 Å². The van der Waals surface area contributed by atoms with Gasteiger partial charge in [-0.2, -0.15) is 0 Å². The van der Waals surface area contributed by atoms with Crippen molar-refractivity contribution in [3.05, 3.63) is 23.8 Å². The van der Waals surface area contributed by atoms with Crippen LogP contribution in [0, 0.1) is 5.92 Å². The number of hydrogen-bond acceptors (Lipinski definition) is 4. The minimum Gasteiger partial charge on any atom is -0.493 e. The van der Waals surface area contributed by atoms with E-state index in [1.165, 1.54) is 7.11 Å². The molecule has 1 aliphatic rings. The summed E-state index contributed by atoms with van der Waals surface area (Å²) < 4.78 is 10.9. The van der Waals surface area contributed by atoms with E-state index in [-0.39, 0.29) is 24.0 Å². The first kappa shape index (κ1) is 17.1. The molecule has 1 aliphatic carbocycles. The summed E-state index contributed by atoms with van der Waals surface area (Å²) in [5.74, 6) is -0.294. The van der Waals surface area contributed by atoms with E-state index in [4.69, 9.17) is 14.6 Å². The molecule has 0 saturated heterocycles. The zero-order valence-corrected chi connectivity index (χ0v) is 13.7. The van der Waals surface area contributed by atoms with E-state index in [9.17, 15) is 9.59 Å². The van der Waals surface area contributed by atoms with E-state index in [1.54, 1.807) is 18.2 Å². The highest BCUT2D eigenvalue weighted by atomic mass is 16.5. The van der Waals surface area contributed by atoms with E-state index < -0.39 is 5.97 Å². The summed E-state index contributed by atoms with van der Waals surface area (Å²) in [6.07, 6.45) is 1.78. The van der Waals surface area contributed by atoms with Crippen molar-refractivity contribution in [2.75, 3.05) is 7.11 Å². The number of rotatable bonds is 6. The molecule has 2 rings (SSSR count). The summed E-state index contributed by atoms with van der Waals surface area (Å²) in [4.78, 5) is 23.3. The molecule has 0 aromatic heterocycles. The summed E-state index contributed by atoms with van der Waals surface area (Å²) in [6, 6.07) is 4.93. The zero-order chi connectivity index (χ0) is 17.0. The van der Waals surface area contributed by atoms with Crippen LogP contribution in [-0.4, -0.2) is 36.2 Å². The lowest BCUT2D eigenvalue weighted by molar-refractivity contribution is -0.141. The Hall–Kier alpha value is -2.24. The molecule has 2 N–H and O–H groups in total. The smallest absolute Gasteiger partial charge is 0.306 e. The lowest BCUT2D eigenvalue weighted by Gasteiger charge is -2.16. The molecule has 0 aliphatic heterocycles. The van der Waals surface area contributed by atoms with Crippen LogP contribution in [0.1, 0.15) is 43.5 Å². The maximum absolute atomic E-state index is 12.3. The molecule has 0 bridgehead atoms. The van der Waals surface area contributed by atoms with E-state index >= 15 is 0 Å². The number of benzene rings is 1. The van der Waals surface area contributed by atoms with Gasteiger partial charge in [-0.15, -0.1) is 0 Å². The Kier molecular flexibility index (Phi) is 5.47. The van der Waals surface area contributed by atoms with Crippen LogP contribution in [0.5, 0.6) is 11.5 Å². The van der Waals surface area contributed by atoms with Crippen LogP contribution in [0.2, 0.25) is 0 Å². The Bertz CT molecular complexity index is 584. The molecule has 126 valence electrons. The van der Waals surface area contributed by atoms with Gasteiger partial charge in [0.1, 0.15) is 0 Å². The Morgan fingerprint density at radius 3 is 2.57 bits per heavy atom. The molecule has 1 amide bonds. The Morgan fingerprint density at radius 2 is 2.00 bits per heavy atom. The number of carboxylic acids is 1. The third-order valence-electron chi connectivity index (χ3n) is 3.91. The van der Waals surface area contributed by atoms with Crippen molar-refractivity contribution in [1.29, 1.82) is 0 Å². The monoisotopic (exact) mass is 321 g/mol. The predicted molar refractivity (Wildman–Crippen MR) is 85.0 cm³/mol. The normalized spacial score (nSPS) is 20.3. The van der Waals surface area contributed by atoms with Crippen LogP contribution in [0.15, 0.2) is 18.2 Å². The quantitative estimate of drug-likeness (QED) is 0.841. The number of aliphatic carboxylic acids is 1. The van der Waals surface area contributed by atoms with Gasteiger partial charge in [-0.1, -0.05) is 0 Å². The van der Waals surface area contributed by atoms with E-state index in [0.29, 0.717) is 36.3 Å². The van der Waals surface area contributed by atoms with Crippen LogP contribution in [0.25, 0.3) is 0 Å². The molecule has 6 heteroatoms.